The second-order valence-electron chi connectivity index (χ2n) is 6.40. The molecule has 132 valence electrons. The minimum Gasteiger partial charge on any atom is -0.346 e. The summed E-state index contributed by atoms with van der Waals surface area (Å²) in [6.07, 6.45) is 0.889. The average molecular weight is 342 g/mol. The summed E-state index contributed by atoms with van der Waals surface area (Å²) in [7, 11) is 0. The van der Waals surface area contributed by atoms with Crippen molar-refractivity contribution in [3.8, 4) is 0 Å². The molecule has 2 aromatic rings. The standard InChI is InChI=1S/C18H22N4O3/c23-17(21-16-6-5-14-3-1-2-4-15(14)20-16)19-8-10-22-9-7-18(13-22)24-11-12-25-18/h1-6H,7-13H2,(H2,19,20,21,23). The molecule has 2 N–H and O–H groups in total. The molecule has 0 aliphatic carbocycles. The SMILES string of the molecule is O=C(NCCN1CCC2(C1)OCCO2)Nc1ccc2ccccc2n1. The Hall–Kier alpha value is -2.22. The van der Waals surface area contributed by atoms with E-state index < -0.39 is 5.79 Å². The summed E-state index contributed by atoms with van der Waals surface area (Å²) >= 11 is 0. The van der Waals surface area contributed by atoms with E-state index in [2.05, 4.69) is 20.5 Å². The molecule has 25 heavy (non-hydrogen) atoms. The van der Waals surface area contributed by atoms with Gasteiger partial charge in [0.05, 0.1) is 25.3 Å². The van der Waals surface area contributed by atoms with Crippen molar-refractivity contribution in [3.63, 3.8) is 0 Å². The Balaban J connectivity index is 1.23. The number of urea groups is 1. The molecule has 2 amide bonds. The van der Waals surface area contributed by atoms with E-state index in [4.69, 9.17) is 9.47 Å². The largest absolute Gasteiger partial charge is 0.346 e. The highest BCUT2D eigenvalue weighted by Gasteiger charge is 2.42. The van der Waals surface area contributed by atoms with Crippen molar-refractivity contribution >= 4 is 22.8 Å². The highest BCUT2D eigenvalue weighted by molar-refractivity contribution is 5.90. The Labute approximate surface area is 146 Å². The number of benzene rings is 1. The van der Waals surface area contributed by atoms with Crippen LogP contribution >= 0.6 is 0 Å². The van der Waals surface area contributed by atoms with E-state index in [1.807, 2.05) is 30.3 Å². The van der Waals surface area contributed by atoms with Crippen molar-refractivity contribution in [3.05, 3.63) is 36.4 Å². The van der Waals surface area contributed by atoms with E-state index in [0.29, 0.717) is 25.6 Å². The molecule has 2 fully saturated rings. The number of nitrogens with one attached hydrogen (secondary N) is 2. The van der Waals surface area contributed by atoms with Gasteiger partial charge in [-0.15, -0.1) is 0 Å². The molecule has 4 rings (SSSR count). The number of carbonyl (C=O) groups excluding carboxylic acids is 1. The molecule has 2 saturated heterocycles. The van der Waals surface area contributed by atoms with Crippen molar-refractivity contribution in [2.45, 2.75) is 12.2 Å². The normalized spacial score (nSPS) is 19.5. The van der Waals surface area contributed by atoms with Gasteiger partial charge in [-0.1, -0.05) is 18.2 Å². The number of carbonyl (C=O) groups is 1. The maximum atomic E-state index is 12.0. The first-order valence-corrected chi connectivity index (χ1v) is 8.63. The number of pyridine rings is 1. The van der Waals surface area contributed by atoms with Crippen molar-refractivity contribution in [1.82, 2.24) is 15.2 Å². The second kappa shape index (κ2) is 6.95. The summed E-state index contributed by atoms with van der Waals surface area (Å²) in [6, 6.07) is 11.3. The fourth-order valence-electron chi connectivity index (χ4n) is 3.37. The first-order valence-electron chi connectivity index (χ1n) is 8.63. The van der Waals surface area contributed by atoms with E-state index >= 15 is 0 Å². The summed E-state index contributed by atoms with van der Waals surface area (Å²) in [4.78, 5) is 18.7. The van der Waals surface area contributed by atoms with Crippen molar-refractivity contribution in [1.29, 1.82) is 0 Å². The van der Waals surface area contributed by atoms with Crippen LogP contribution in [0.3, 0.4) is 0 Å². The van der Waals surface area contributed by atoms with Gasteiger partial charge >= 0.3 is 6.03 Å². The zero-order valence-electron chi connectivity index (χ0n) is 14.0. The van der Waals surface area contributed by atoms with Gasteiger partial charge in [-0.05, 0) is 18.2 Å². The molecule has 2 aliphatic rings. The Kier molecular flexibility index (Phi) is 4.52. The topological polar surface area (TPSA) is 75.7 Å². The van der Waals surface area contributed by atoms with Crippen LogP contribution in [0.4, 0.5) is 10.6 Å². The van der Waals surface area contributed by atoms with Crippen LogP contribution in [-0.2, 0) is 9.47 Å². The number of para-hydroxylation sites is 1. The van der Waals surface area contributed by atoms with Gasteiger partial charge in [0.1, 0.15) is 5.82 Å². The molecule has 1 spiro atoms. The smallest absolute Gasteiger partial charge is 0.320 e. The van der Waals surface area contributed by atoms with Gasteiger partial charge in [0.25, 0.3) is 0 Å². The van der Waals surface area contributed by atoms with E-state index in [0.717, 1.165) is 37.0 Å². The average Bonchev–Trinajstić information content (AvgIpc) is 3.25. The monoisotopic (exact) mass is 342 g/mol. The Bertz CT molecular complexity index is 761. The number of anilines is 1. The molecular weight excluding hydrogens is 320 g/mol. The predicted octanol–water partition coefficient (Wildman–Crippen LogP) is 1.81. The third-order valence-electron chi connectivity index (χ3n) is 4.64. The van der Waals surface area contributed by atoms with Crippen LogP contribution in [0.5, 0.6) is 0 Å². The third-order valence-corrected chi connectivity index (χ3v) is 4.64. The van der Waals surface area contributed by atoms with Crippen LogP contribution in [0, 0.1) is 0 Å². The number of hydrogen-bond acceptors (Lipinski definition) is 5. The molecule has 2 aliphatic heterocycles. The van der Waals surface area contributed by atoms with Crippen LogP contribution in [0.25, 0.3) is 10.9 Å². The number of rotatable bonds is 4. The number of aromatic nitrogens is 1. The lowest BCUT2D eigenvalue weighted by atomic mass is 10.2. The number of nitrogens with zero attached hydrogens (tertiary/aromatic N) is 2. The zero-order valence-corrected chi connectivity index (χ0v) is 14.0. The minimum absolute atomic E-state index is 0.245. The molecule has 7 heteroatoms. The third kappa shape index (κ3) is 3.73. The van der Waals surface area contributed by atoms with Crippen molar-refractivity contribution < 1.29 is 14.3 Å². The summed E-state index contributed by atoms with van der Waals surface area (Å²) < 4.78 is 11.4. The Morgan fingerprint density at radius 1 is 1.20 bits per heavy atom. The molecule has 0 atom stereocenters. The number of hydrogen-bond donors (Lipinski definition) is 2. The molecule has 0 radical (unpaired) electrons. The maximum Gasteiger partial charge on any atom is 0.320 e. The van der Waals surface area contributed by atoms with Crippen molar-refractivity contribution in [2.24, 2.45) is 0 Å². The van der Waals surface area contributed by atoms with Gasteiger partial charge in [-0.2, -0.15) is 0 Å². The Morgan fingerprint density at radius 2 is 2.04 bits per heavy atom. The number of likely N-dealkylation sites (tertiary alicyclic amines) is 1. The molecule has 0 bridgehead atoms. The van der Waals surface area contributed by atoms with Crippen LogP contribution in [-0.4, -0.2) is 61.1 Å². The van der Waals surface area contributed by atoms with E-state index in [9.17, 15) is 4.79 Å². The molecule has 3 heterocycles. The zero-order chi connectivity index (χ0) is 17.1. The Morgan fingerprint density at radius 3 is 2.92 bits per heavy atom. The summed E-state index contributed by atoms with van der Waals surface area (Å²) in [5.41, 5.74) is 0.860. The second-order valence-corrected chi connectivity index (χ2v) is 6.40. The lowest BCUT2D eigenvalue weighted by Gasteiger charge is -2.22. The number of ether oxygens (including phenoxy) is 2. The number of fused-ring (bicyclic) bond motifs is 1. The van der Waals surface area contributed by atoms with E-state index in [1.165, 1.54) is 0 Å². The fraction of sp³-hybridized carbons (Fsp3) is 0.444. The first kappa shape index (κ1) is 16.3. The molecule has 0 unspecified atom stereocenters. The van der Waals surface area contributed by atoms with Crippen LogP contribution in [0.2, 0.25) is 0 Å². The van der Waals surface area contributed by atoms with Gasteiger partial charge < -0.3 is 14.8 Å². The molecular formula is C18H22N4O3. The van der Waals surface area contributed by atoms with E-state index in [-0.39, 0.29) is 6.03 Å². The van der Waals surface area contributed by atoms with Crippen LogP contribution < -0.4 is 10.6 Å². The highest BCUT2D eigenvalue weighted by Crippen LogP contribution is 2.29. The van der Waals surface area contributed by atoms with Gasteiger partial charge in [0.2, 0.25) is 0 Å². The van der Waals surface area contributed by atoms with Crippen LogP contribution in [0.15, 0.2) is 36.4 Å². The highest BCUT2D eigenvalue weighted by atomic mass is 16.7. The first-order chi connectivity index (χ1) is 12.2. The summed E-state index contributed by atoms with van der Waals surface area (Å²) in [5, 5.41) is 6.70. The lowest BCUT2D eigenvalue weighted by molar-refractivity contribution is -0.145. The van der Waals surface area contributed by atoms with Gasteiger partial charge in [-0.25, -0.2) is 9.78 Å². The van der Waals surface area contributed by atoms with Gasteiger partial charge in [0, 0.05) is 31.4 Å². The molecule has 0 saturated carbocycles. The molecule has 7 nitrogen and oxygen atoms in total. The summed E-state index contributed by atoms with van der Waals surface area (Å²) in [6.45, 7) is 4.38. The molecule has 1 aromatic heterocycles. The van der Waals surface area contributed by atoms with Gasteiger partial charge in [-0.3, -0.25) is 10.2 Å². The van der Waals surface area contributed by atoms with E-state index in [1.54, 1.807) is 6.07 Å². The minimum atomic E-state index is -0.405. The maximum absolute atomic E-state index is 12.0. The fourth-order valence-corrected chi connectivity index (χ4v) is 3.37. The lowest BCUT2D eigenvalue weighted by Crippen LogP contribution is -2.39. The predicted molar refractivity (Wildman–Crippen MR) is 94.5 cm³/mol. The van der Waals surface area contributed by atoms with Crippen LogP contribution in [0.1, 0.15) is 6.42 Å². The van der Waals surface area contributed by atoms with Gasteiger partial charge in [0.15, 0.2) is 5.79 Å². The number of amides is 2. The van der Waals surface area contributed by atoms with Crippen molar-refractivity contribution in [2.75, 3.05) is 44.7 Å². The summed E-state index contributed by atoms with van der Waals surface area (Å²) in [5.74, 6) is 0.140. The molecule has 1 aromatic carbocycles. The quantitative estimate of drug-likeness (QED) is 0.886.